The molecule has 0 N–H and O–H groups in total. The quantitative estimate of drug-likeness (QED) is 0.756. The molecule has 0 spiro atoms. The number of amides is 1. The van der Waals surface area contributed by atoms with E-state index >= 15 is 0 Å². The van der Waals surface area contributed by atoms with Crippen LogP contribution in [-0.2, 0) is 9.47 Å². The molecule has 0 bridgehead atoms. The summed E-state index contributed by atoms with van der Waals surface area (Å²) in [7, 11) is 1.75. The first-order valence-electron chi connectivity index (χ1n) is 7.11. The van der Waals surface area contributed by atoms with Gasteiger partial charge in [-0.25, -0.2) is 4.79 Å². The lowest BCUT2D eigenvalue weighted by molar-refractivity contribution is 0.0220. The van der Waals surface area contributed by atoms with Gasteiger partial charge in [-0.3, -0.25) is 4.79 Å². The monoisotopic (exact) mass is 293 g/mol. The maximum absolute atomic E-state index is 12.3. The molecule has 0 aromatic heterocycles. The minimum atomic E-state index is -0.672. The summed E-state index contributed by atoms with van der Waals surface area (Å²) in [6.07, 6.45) is -0.437. The molecule has 0 saturated carbocycles. The second-order valence-corrected chi connectivity index (χ2v) is 4.98. The molecule has 21 heavy (non-hydrogen) atoms. The van der Waals surface area contributed by atoms with E-state index in [-0.39, 0.29) is 24.7 Å². The molecule has 1 amide bonds. The fourth-order valence-corrected chi connectivity index (χ4v) is 1.99. The van der Waals surface area contributed by atoms with Gasteiger partial charge in [0.25, 0.3) is 5.91 Å². The van der Waals surface area contributed by atoms with Gasteiger partial charge in [-0.15, -0.1) is 0 Å². The van der Waals surface area contributed by atoms with Gasteiger partial charge in [-0.05, 0) is 32.9 Å². The van der Waals surface area contributed by atoms with Gasteiger partial charge in [-0.2, -0.15) is 0 Å². The molecular weight excluding hydrogens is 270 g/mol. The maximum Gasteiger partial charge on any atom is 0.508 e. The van der Waals surface area contributed by atoms with E-state index in [0.29, 0.717) is 12.0 Å². The van der Waals surface area contributed by atoms with E-state index in [1.54, 1.807) is 37.9 Å². The Bertz CT molecular complexity index is 461. The zero-order chi connectivity index (χ0) is 15.8. The number of benzene rings is 1. The van der Waals surface area contributed by atoms with Crippen LogP contribution in [0.4, 0.5) is 4.79 Å². The molecule has 0 aliphatic rings. The fourth-order valence-electron chi connectivity index (χ4n) is 1.99. The largest absolute Gasteiger partial charge is 0.508 e. The molecule has 1 rings (SSSR count). The summed E-state index contributed by atoms with van der Waals surface area (Å²) in [5, 5.41) is 0. The molecule has 5 nitrogen and oxygen atoms in total. The average molecular weight is 293 g/mol. The van der Waals surface area contributed by atoms with Gasteiger partial charge in [0, 0.05) is 25.1 Å². The number of hydrogen-bond donors (Lipinski definition) is 0. The van der Waals surface area contributed by atoms with Crippen LogP contribution in [-0.4, -0.2) is 42.8 Å². The first-order valence-corrected chi connectivity index (χ1v) is 7.11. The van der Waals surface area contributed by atoms with Gasteiger partial charge in [0.2, 0.25) is 0 Å². The minimum Gasteiger partial charge on any atom is -0.435 e. The fraction of sp³-hybridized carbons (Fsp3) is 0.500. The number of ether oxygens (including phenoxy) is 2. The predicted octanol–water partition coefficient (Wildman–Crippen LogP) is 3.10. The van der Waals surface area contributed by atoms with Crippen molar-refractivity contribution in [2.75, 3.05) is 13.7 Å². The van der Waals surface area contributed by atoms with Crippen LogP contribution >= 0.6 is 0 Å². The van der Waals surface area contributed by atoms with Crippen LogP contribution in [0.1, 0.15) is 37.6 Å². The Kier molecular flexibility index (Phi) is 6.72. The maximum atomic E-state index is 12.3. The van der Waals surface area contributed by atoms with E-state index in [1.165, 1.54) is 0 Å². The molecule has 0 fully saturated rings. The molecule has 0 heterocycles. The van der Waals surface area contributed by atoms with Gasteiger partial charge >= 0.3 is 6.16 Å². The standard InChI is InChI=1S/C16H23NO4/c1-5-20-16(19)21-13(3)11-12(2)17(4)15(18)14-9-7-6-8-10-14/h6-10,12-13H,5,11H2,1-4H3. The summed E-state index contributed by atoms with van der Waals surface area (Å²) in [5.74, 6) is -0.0496. The highest BCUT2D eigenvalue weighted by atomic mass is 16.7. The summed E-state index contributed by atoms with van der Waals surface area (Å²) >= 11 is 0. The summed E-state index contributed by atoms with van der Waals surface area (Å²) in [4.78, 5) is 25.2. The van der Waals surface area contributed by atoms with Crippen LogP contribution in [0.25, 0.3) is 0 Å². The van der Waals surface area contributed by atoms with Gasteiger partial charge in [-0.1, -0.05) is 18.2 Å². The third kappa shape index (κ3) is 5.45. The van der Waals surface area contributed by atoms with Crippen LogP contribution in [0.5, 0.6) is 0 Å². The van der Waals surface area contributed by atoms with Crippen LogP contribution in [0.2, 0.25) is 0 Å². The molecule has 0 saturated heterocycles. The molecule has 0 radical (unpaired) electrons. The Hall–Kier alpha value is -2.04. The van der Waals surface area contributed by atoms with Crippen molar-refractivity contribution in [2.24, 2.45) is 0 Å². The van der Waals surface area contributed by atoms with Crippen molar-refractivity contribution in [3.63, 3.8) is 0 Å². The number of rotatable bonds is 6. The Balaban J connectivity index is 2.52. The molecule has 0 aliphatic carbocycles. The van der Waals surface area contributed by atoms with E-state index in [9.17, 15) is 9.59 Å². The predicted molar refractivity (Wildman–Crippen MR) is 80.2 cm³/mol. The highest BCUT2D eigenvalue weighted by Crippen LogP contribution is 2.12. The zero-order valence-corrected chi connectivity index (χ0v) is 13.0. The van der Waals surface area contributed by atoms with Crippen LogP contribution in [0.3, 0.4) is 0 Å². The zero-order valence-electron chi connectivity index (χ0n) is 13.0. The summed E-state index contributed by atoms with van der Waals surface area (Å²) in [6, 6.07) is 9.04. The molecule has 1 aromatic carbocycles. The normalized spacial score (nSPS) is 13.1. The molecule has 0 aliphatic heterocycles. The van der Waals surface area contributed by atoms with E-state index < -0.39 is 6.16 Å². The van der Waals surface area contributed by atoms with E-state index in [0.717, 1.165) is 0 Å². The highest BCUT2D eigenvalue weighted by molar-refractivity contribution is 5.94. The van der Waals surface area contributed by atoms with Gasteiger partial charge in [0.05, 0.1) is 6.61 Å². The number of carbonyl (C=O) groups excluding carboxylic acids is 2. The average Bonchev–Trinajstić information content (AvgIpc) is 2.46. The second kappa shape index (κ2) is 8.29. The Labute approximate surface area is 125 Å². The third-order valence-electron chi connectivity index (χ3n) is 3.23. The van der Waals surface area contributed by atoms with Crippen LogP contribution < -0.4 is 0 Å². The van der Waals surface area contributed by atoms with Gasteiger partial charge in [0.1, 0.15) is 6.10 Å². The number of nitrogens with zero attached hydrogens (tertiary/aromatic N) is 1. The van der Waals surface area contributed by atoms with Crippen molar-refractivity contribution in [1.29, 1.82) is 0 Å². The number of carbonyl (C=O) groups is 2. The Morgan fingerprint density at radius 1 is 1.19 bits per heavy atom. The molecule has 5 heteroatoms. The van der Waals surface area contributed by atoms with Crippen molar-refractivity contribution in [3.8, 4) is 0 Å². The van der Waals surface area contributed by atoms with Gasteiger partial charge < -0.3 is 14.4 Å². The second-order valence-electron chi connectivity index (χ2n) is 4.98. The number of hydrogen-bond acceptors (Lipinski definition) is 4. The van der Waals surface area contributed by atoms with E-state index in [2.05, 4.69) is 0 Å². The Morgan fingerprint density at radius 2 is 1.81 bits per heavy atom. The van der Waals surface area contributed by atoms with Crippen molar-refractivity contribution < 1.29 is 19.1 Å². The van der Waals surface area contributed by atoms with Gasteiger partial charge in [0.15, 0.2) is 0 Å². The van der Waals surface area contributed by atoms with E-state index in [1.807, 2.05) is 25.1 Å². The first-order chi connectivity index (χ1) is 9.95. The lowest BCUT2D eigenvalue weighted by Gasteiger charge is -2.27. The van der Waals surface area contributed by atoms with Crippen molar-refractivity contribution in [3.05, 3.63) is 35.9 Å². The SMILES string of the molecule is CCOC(=O)OC(C)CC(C)N(C)C(=O)c1ccccc1. The molecule has 1 aromatic rings. The van der Waals surface area contributed by atoms with Crippen molar-refractivity contribution in [1.82, 2.24) is 4.90 Å². The minimum absolute atomic E-state index is 0.0496. The topological polar surface area (TPSA) is 55.8 Å². The third-order valence-corrected chi connectivity index (χ3v) is 3.23. The van der Waals surface area contributed by atoms with Crippen molar-refractivity contribution in [2.45, 2.75) is 39.3 Å². The summed E-state index contributed by atoms with van der Waals surface area (Å²) in [5.41, 5.74) is 0.644. The van der Waals surface area contributed by atoms with Crippen LogP contribution in [0, 0.1) is 0 Å². The first kappa shape index (κ1) is 17.0. The van der Waals surface area contributed by atoms with E-state index in [4.69, 9.17) is 9.47 Å². The highest BCUT2D eigenvalue weighted by Gasteiger charge is 2.21. The lowest BCUT2D eigenvalue weighted by atomic mass is 10.1. The van der Waals surface area contributed by atoms with Crippen LogP contribution in [0.15, 0.2) is 30.3 Å². The molecular formula is C16H23NO4. The Morgan fingerprint density at radius 3 is 2.38 bits per heavy atom. The summed E-state index contributed by atoms with van der Waals surface area (Å²) < 4.78 is 9.83. The molecule has 2 unspecified atom stereocenters. The smallest absolute Gasteiger partial charge is 0.435 e. The molecule has 116 valence electrons. The lowest BCUT2D eigenvalue weighted by Crippen LogP contribution is -2.37. The van der Waals surface area contributed by atoms with Crippen molar-refractivity contribution >= 4 is 12.1 Å². The molecule has 2 atom stereocenters. The summed E-state index contributed by atoms with van der Waals surface area (Å²) in [6.45, 7) is 5.72.